The number of carbonyl (C=O) groups is 2. The van der Waals surface area contributed by atoms with Gasteiger partial charge in [0.2, 0.25) is 15.9 Å². The number of esters is 1. The fraction of sp³-hybridized carbons (Fsp3) is 0.417. The summed E-state index contributed by atoms with van der Waals surface area (Å²) in [6.07, 6.45) is 0.965. The molecular weight excluding hydrogens is 574 g/mol. The van der Waals surface area contributed by atoms with Gasteiger partial charge in [0.1, 0.15) is 23.5 Å². The number of hydrogen-bond donors (Lipinski definition) is 1. The molecule has 1 aliphatic heterocycles. The molecule has 34 heavy (non-hydrogen) atoms. The Kier molecular flexibility index (Phi) is 8.35. The van der Waals surface area contributed by atoms with Crippen LogP contribution in [0.25, 0.3) is 0 Å². The van der Waals surface area contributed by atoms with Crippen molar-refractivity contribution in [3.05, 3.63) is 63.5 Å². The molecule has 1 fully saturated rings. The fourth-order valence-corrected chi connectivity index (χ4v) is 5.79. The number of carbonyl (C=O) groups excluding carboxylic acids is 2. The summed E-state index contributed by atoms with van der Waals surface area (Å²) in [6.45, 7) is 5.34. The maximum Gasteiger partial charge on any atom is 0.329 e. The van der Waals surface area contributed by atoms with Crippen LogP contribution in [-0.2, 0) is 30.8 Å². The number of hydrogen-bond acceptors (Lipinski definition) is 5. The van der Waals surface area contributed by atoms with Crippen molar-refractivity contribution in [3.8, 4) is 0 Å². The lowest BCUT2D eigenvalue weighted by atomic mass is 10.0. The Labute approximate surface area is 213 Å². The molecule has 3 rings (SSSR count). The van der Waals surface area contributed by atoms with Crippen LogP contribution in [0.4, 0.5) is 4.39 Å². The minimum absolute atomic E-state index is 0.130. The molecule has 1 N–H and O–H groups in total. The quantitative estimate of drug-likeness (QED) is 0.386. The van der Waals surface area contributed by atoms with Gasteiger partial charge < -0.3 is 10.1 Å². The number of sulfonamides is 1. The Morgan fingerprint density at radius 2 is 1.88 bits per heavy atom. The molecule has 0 unspecified atom stereocenters. The van der Waals surface area contributed by atoms with Crippen molar-refractivity contribution in [2.45, 2.75) is 62.6 Å². The van der Waals surface area contributed by atoms with Gasteiger partial charge in [0.25, 0.3) is 0 Å². The molecule has 2 aromatic carbocycles. The van der Waals surface area contributed by atoms with Gasteiger partial charge in [-0.3, -0.25) is 4.79 Å². The number of nitrogens with one attached hydrogen (secondary N) is 1. The van der Waals surface area contributed by atoms with Crippen molar-refractivity contribution < 1.29 is 27.1 Å². The molecular formula is C24H28FIN2O5S. The van der Waals surface area contributed by atoms with Crippen LogP contribution < -0.4 is 5.32 Å². The molecule has 7 nitrogen and oxygen atoms in total. The van der Waals surface area contributed by atoms with E-state index in [9.17, 15) is 22.4 Å². The van der Waals surface area contributed by atoms with Crippen molar-refractivity contribution in [3.63, 3.8) is 0 Å². The molecule has 0 aromatic heterocycles. The second-order valence-corrected chi connectivity index (χ2v) is 12.3. The van der Waals surface area contributed by atoms with Crippen LogP contribution in [0.15, 0.2) is 53.4 Å². The SMILES string of the molecule is CC(C)(C)OC(=O)[C@H](Cc1ccc(I)cc1)NC(=O)[C@@H]1CCCN1S(=O)(=O)c1cccc(F)c1. The lowest BCUT2D eigenvalue weighted by Gasteiger charge is -2.27. The maximum absolute atomic E-state index is 13.7. The minimum atomic E-state index is -4.09. The van der Waals surface area contributed by atoms with E-state index >= 15 is 0 Å². The van der Waals surface area contributed by atoms with Crippen LogP contribution in [0, 0.1) is 9.39 Å². The molecule has 1 saturated heterocycles. The average molecular weight is 602 g/mol. The molecule has 2 aromatic rings. The Hall–Kier alpha value is -2.05. The third kappa shape index (κ3) is 6.76. The fourth-order valence-electron chi connectivity index (χ4n) is 3.74. The highest BCUT2D eigenvalue weighted by atomic mass is 127. The van der Waals surface area contributed by atoms with Gasteiger partial charge in [-0.05, 0) is 92.1 Å². The predicted molar refractivity (Wildman–Crippen MR) is 134 cm³/mol. The summed E-state index contributed by atoms with van der Waals surface area (Å²) in [7, 11) is -4.09. The second kappa shape index (κ2) is 10.7. The standard InChI is InChI=1S/C24H28FIN2O5S/c1-24(2,3)33-23(30)20(14-16-9-11-18(26)12-10-16)27-22(29)21-8-5-13-28(21)34(31,32)19-7-4-6-17(25)15-19/h4,6-7,9-12,15,20-21H,5,8,13-14H2,1-3H3,(H,27,29)/t20-,21-/m0/s1. The van der Waals surface area contributed by atoms with Crippen LogP contribution in [0.5, 0.6) is 0 Å². The summed E-state index contributed by atoms with van der Waals surface area (Å²) in [4.78, 5) is 25.9. The number of halogens is 2. The van der Waals surface area contributed by atoms with Gasteiger partial charge in [-0.1, -0.05) is 18.2 Å². The van der Waals surface area contributed by atoms with E-state index in [4.69, 9.17) is 4.74 Å². The van der Waals surface area contributed by atoms with E-state index in [1.165, 1.54) is 12.1 Å². The highest BCUT2D eigenvalue weighted by molar-refractivity contribution is 14.1. The molecule has 2 atom stereocenters. The molecule has 0 radical (unpaired) electrons. The van der Waals surface area contributed by atoms with Gasteiger partial charge in [0.15, 0.2) is 0 Å². The largest absolute Gasteiger partial charge is 0.458 e. The molecule has 0 saturated carbocycles. The smallest absolute Gasteiger partial charge is 0.329 e. The summed E-state index contributed by atoms with van der Waals surface area (Å²) in [5.74, 6) is -1.86. The number of amides is 1. The van der Waals surface area contributed by atoms with Crippen molar-refractivity contribution in [1.82, 2.24) is 9.62 Å². The molecule has 184 valence electrons. The molecule has 1 heterocycles. The predicted octanol–water partition coefficient (Wildman–Crippen LogP) is 3.65. The number of nitrogens with zero attached hydrogens (tertiary/aromatic N) is 1. The molecule has 0 spiro atoms. The first-order valence-corrected chi connectivity index (χ1v) is 13.4. The van der Waals surface area contributed by atoms with Gasteiger partial charge in [-0.2, -0.15) is 4.31 Å². The van der Waals surface area contributed by atoms with E-state index in [1.54, 1.807) is 20.8 Å². The summed E-state index contributed by atoms with van der Waals surface area (Å²) in [6, 6.07) is 10.2. The Bertz CT molecular complexity index is 1150. The lowest BCUT2D eigenvalue weighted by Crippen LogP contribution is -2.52. The van der Waals surface area contributed by atoms with E-state index in [2.05, 4.69) is 27.9 Å². The van der Waals surface area contributed by atoms with Crippen molar-refractivity contribution >= 4 is 44.5 Å². The summed E-state index contributed by atoms with van der Waals surface area (Å²) in [5, 5.41) is 2.71. The normalized spacial score (nSPS) is 17.9. The maximum atomic E-state index is 13.7. The number of benzene rings is 2. The first-order valence-electron chi connectivity index (χ1n) is 10.9. The number of rotatable bonds is 7. The highest BCUT2D eigenvalue weighted by Gasteiger charge is 2.41. The molecule has 0 bridgehead atoms. The Morgan fingerprint density at radius 3 is 2.50 bits per heavy atom. The van der Waals surface area contributed by atoms with Crippen molar-refractivity contribution in [2.24, 2.45) is 0 Å². The van der Waals surface area contributed by atoms with E-state index < -0.39 is 45.4 Å². The van der Waals surface area contributed by atoms with Gasteiger partial charge in [-0.15, -0.1) is 0 Å². The van der Waals surface area contributed by atoms with E-state index in [0.29, 0.717) is 12.8 Å². The molecule has 1 aliphatic rings. The number of ether oxygens (including phenoxy) is 1. The van der Waals surface area contributed by atoms with Crippen LogP contribution in [-0.4, -0.2) is 48.8 Å². The molecule has 0 aliphatic carbocycles. The summed E-state index contributed by atoms with van der Waals surface area (Å²) in [5.41, 5.74) is 0.0684. The van der Waals surface area contributed by atoms with E-state index in [-0.39, 0.29) is 17.9 Å². The average Bonchev–Trinajstić information content (AvgIpc) is 3.24. The zero-order valence-corrected chi connectivity index (χ0v) is 22.2. The topological polar surface area (TPSA) is 92.8 Å². The third-order valence-corrected chi connectivity index (χ3v) is 7.89. The first kappa shape index (κ1) is 26.6. The summed E-state index contributed by atoms with van der Waals surface area (Å²) < 4.78 is 47.5. The zero-order valence-electron chi connectivity index (χ0n) is 19.3. The third-order valence-electron chi connectivity index (χ3n) is 5.27. The molecule has 10 heteroatoms. The van der Waals surface area contributed by atoms with Crippen LogP contribution in [0.2, 0.25) is 0 Å². The first-order chi connectivity index (χ1) is 15.9. The minimum Gasteiger partial charge on any atom is -0.458 e. The van der Waals surface area contributed by atoms with Gasteiger partial charge in [-0.25, -0.2) is 17.6 Å². The Balaban J connectivity index is 1.82. The lowest BCUT2D eigenvalue weighted by molar-refractivity contribution is -0.158. The van der Waals surface area contributed by atoms with E-state index in [0.717, 1.165) is 25.6 Å². The monoisotopic (exact) mass is 602 g/mol. The van der Waals surface area contributed by atoms with Crippen LogP contribution >= 0.6 is 22.6 Å². The summed E-state index contributed by atoms with van der Waals surface area (Å²) >= 11 is 2.18. The van der Waals surface area contributed by atoms with Crippen molar-refractivity contribution in [1.29, 1.82) is 0 Å². The van der Waals surface area contributed by atoms with Gasteiger partial charge >= 0.3 is 5.97 Å². The zero-order chi connectivity index (χ0) is 25.1. The highest BCUT2D eigenvalue weighted by Crippen LogP contribution is 2.27. The van der Waals surface area contributed by atoms with Crippen molar-refractivity contribution in [2.75, 3.05) is 6.54 Å². The Morgan fingerprint density at radius 1 is 1.21 bits per heavy atom. The van der Waals surface area contributed by atoms with Crippen LogP contribution in [0.3, 0.4) is 0 Å². The van der Waals surface area contributed by atoms with Gasteiger partial charge in [0.05, 0.1) is 4.90 Å². The molecule has 1 amide bonds. The second-order valence-electron chi connectivity index (χ2n) is 9.16. The van der Waals surface area contributed by atoms with Crippen LogP contribution in [0.1, 0.15) is 39.2 Å². The van der Waals surface area contributed by atoms with E-state index in [1.807, 2.05) is 24.3 Å². The van der Waals surface area contributed by atoms with Gasteiger partial charge in [0, 0.05) is 16.5 Å².